The number of aliphatic hydroxyl groups excluding tert-OH is 1. The molecule has 6 heteroatoms. The molecular formula is C9H18N2O4. The molecule has 0 aromatic heterocycles. The highest BCUT2D eigenvalue weighted by Crippen LogP contribution is 1.87. The SMILES string of the molecule is CCCCNC(=O)N[C@@H](CO)C(=O)OC. The van der Waals surface area contributed by atoms with E-state index in [9.17, 15) is 9.59 Å². The molecule has 0 aliphatic heterocycles. The van der Waals surface area contributed by atoms with Crippen molar-refractivity contribution in [1.82, 2.24) is 10.6 Å². The molecule has 1 atom stereocenters. The Hall–Kier alpha value is -1.30. The quantitative estimate of drug-likeness (QED) is 0.419. The number of methoxy groups -OCH3 is 1. The molecule has 0 saturated carbocycles. The summed E-state index contributed by atoms with van der Waals surface area (Å²) in [6, 6.07) is -1.48. The van der Waals surface area contributed by atoms with E-state index in [0.29, 0.717) is 6.54 Å². The first-order valence-corrected chi connectivity index (χ1v) is 4.88. The summed E-state index contributed by atoms with van der Waals surface area (Å²) in [6.07, 6.45) is 1.84. The fraction of sp³-hybridized carbons (Fsp3) is 0.778. The Morgan fingerprint density at radius 1 is 1.47 bits per heavy atom. The zero-order valence-electron chi connectivity index (χ0n) is 9.08. The highest BCUT2D eigenvalue weighted by atomic mass is 16.5. The third-order valence-electron chi connectivity index (χ3n) is 1.79. The van der Waals surface area contributed by atoms with Gasteiger partial charge in [-0.3, -0.25) is 0 Å². The highest BCUT2D eigenvalue weighted by Gasteiger charge is 2.19. The largest absolute Gasteiger partial charge is 0.467 e. The van der Waals surface area contributed by atoms with Gasteiger partial charge in [0.25, 0.3) is 0 Å². The maximum absolute atomic E-state index is 11.2. The molecule has 0 spiro atoms. The van der Waals surface area contributed by atoms with Gasteiger partial charge in [-0.1, -0.05) is 13.3 Å². The van der Waals surface area contributed by atoms with Gasteiger partial charge in [-0.05, 0) is 6.42 Å². The number of ether oxygens (including phenoxy) is 1. The van der Waals surface area contributed by atoms with E-state index in [1.165, 1.54) is 7.11 Å². The van der Waals surface area contributed by atoms with Gasteiger partial charge in [0.05, 0.1) is 13.7 Å². The fourth-order valence-corrected chi connectivity index (χ4v) is 0.909. The summed E-state index contributed by atoms with van der Waals surface area (Å²) in [5.41, 5.74) is 0. The van der Waals surface area contributed by atoms with Crippen LogP contribution < -0.4 is 10.6 Å². The Morgan fingerprint density at radius 3 is 2.60 bits per heavy atom. The third-order valence-corrected chi connectivity index (χ3v) is 1.79. The molecule has 0 aliphatic rings. The first-order chi connectivity index (χ1) is 7.15. The number of unbranched alkanes of at least 4 members (excludes halogenated alkanes) is 1. The molecule has 88 valence electrons. The lowest BCUT2D eigenvalue weighted by atomic mass is 10.3. The number of rotatable bonds is 6. The van der Waals surface area contributed by atoms with Gasteiger partial charge < -0.3 is 20.5 Å². The summed E-state index contributed by atoms with van der Waals surface area (Å²) in [6.45, 7) is 2.07. The predicted molar refractivity (Wildman–Crippen MR) is 54.3 cm³/mol. The lowest BCUT2D eigenvalue weighted by molar-refractivity contribution is -0.143. The van der Waals surface area contributed by atoms with Crippen molar-refractivity contribution in [3.05, 3.63) is 0 Å². The second kappa shape index (κ2) is 8.05. The van der Waals surface area contributed by atoms with Gasteiger partial charge in [0, 0.05) is 6.54 Å². The van der Waals surface area contributed by atoms with Crippen LogP contribution in [0.15, 0.2) is 0 Å². The molecule has 0 radical (unpaired) electrons. The van der Waals surface area contributed by atoms with Gasteiger partial charge in [-0.25, -0.2) is 9.59 Å². The summed E-state index contributed by atoms with van der Waals surface area (Å²) in [7, 11) is 1.20. The third kappa shape index (κ3) is 5.90. The lowest BCUT2D eigenvalue weighted by Crippen LogP contribution is -2.48. The minimum absolute atomic E-state index is 0.478. The van der Waals surface area contributed by atoms with Crippen LogP contribution in [0.3, 0.4) is 0 Å². The van der Waals surface area contributed by atoms with Crippen molar-refractivity contribution in [1.29, 1.82) is 0 Å². The summed E-state index contributed by atoms with van der Waals surface area (Å²) in [5, 5.41) is 13.7. The van der Waals surface area contributed by atoms with E-state index >= 15 is 0 Å². The Balaban J connectivity index is 3.85. The second-order valence-electron chi connectivity index (χ2n) is 3.01. The van der Waals surface area contributed by atoms with Gasteiger partial charge in [-0.15, -0.1) is 0 Å². The summed E-state index contributed by atoms with van der Waals surface area (Å²) in [4.78, 5) is 22.2. The number of esters is 1. The zero-order chi connectivity index (χ0) is 11.7. The zero-order valence-corrected chi connectivity index (χ0v) is 9.08. The van der Waals surface area contributed by atoms with E-state index in [1.807, 2.05) is 6.92 Å². The molecule has 0 aromatic rings. The average molecular weight is 218 g/mol. The molecular weight excluding hydrogens is 200 g/mol. The minimum Gasteiger partial charge on any atom is -0.467 e. The Kier molecular flexibility index (Phi) is 7.35. The predicted octanol–water partition coefficient (Wildman–Crippen LogP) is -0.380. The van der Waals surface area contributed by atoms with Crippen LogP contribution in [0.2, 0.25) is 0 Å². The van der Waals surface area contributed by atoms with Crippen molar-refractivity contribution in [2.75, 3.05) is 20.3 Å². The molecule has 0 aliphatic carbocycles. The van der Waals surface area contributed by atoms with Crippen molar-refractivity contribution in [2.24, 2.45) is 0 Å². The number of hydrogen-bond acceptors (Lipinski definition) is 4. The Labute approximate surface area is 89.0 Å². The standard InChI is InChI=1S/C9H18N2O4/c1-3-4-5-10-9(14)11-7(6-12)8(13)15-2/h7,12H,3-6H2,1-2H3,(H2,10,11,14)/t7-/m0/s1. The molecule has 0 rings (SSSR count). The molecule has 0 unspecified atom stereocenters. The molecule has 2 amide bonds. The van der Waals surface area contributed by atoms with Crippen molar-refractivity contribution in [3.63, 3.8) is 0 Å². The van der Waals surface area contributed by atoms with E-state index in [-0.39, 0.29) is 0 Å². The maximum atomic E-state index is 11.2. The molecule has 6 nitrogen and oxygen atoms in total. The highest BCUT2D eigenvalue weighted by molar-refractivity contribution is 5.83. The van der Waals surface area contributed by atoms with Crippen LogP contribution in [0.1, 0.15) is 19.8 Å². The van der Waals surface area contributed by atoms with Crippen molar-refractivity contribution >= 4 is 12.0 Å². The van der Waals surface area contributed by atoms with Crippen LogP contribution >= 0.6 is 0 Å². The molecule has 3 N–H and O–H groups in total. The van der Waals surface area contributed by atoms with Crippen LogP contribution in [-0.2, 0) is 9.53 Å². The number of aliphatic hydroxyl groups is 1. The average Bonchev–Trinajstić information content (AvgIpc) is 2.25. The normalized spacial score (nSPS) is 11.7. The number of nitrogens with one attached hydrogen (secondary N) is 2. The van der Waals surface area contributed by atoms with Gasteiger partial charge in [0.1, 0.15) is 0 Å². The minimum atomic E-state index is -1.00. The number of amides is 2. The number of hydrogen-bond donors (Lipinski definition) is 3. The molecule has 0 saturated heterocycles. The van der Waals surface area contributed by atoms with Crippen LogP contribution in [0, 0.1) is 0 Å². The Bertz CT molecular complexity index is 208. The smallest absolute Gasteiger partial charge is 0.330 e. The maximum Gasteiger partial charge on any atom is 0.330 e. The van der Waals surface area contributed by atoms with Gasteiger partial charge in [-0.2, -0.15) is 0 Å². The monoisotopic (exact) mass is 218 g/mol. The van der Waals surface area contributed by atoms with Crippen LogP contribution in [0.5, 0.6) is 0 Å². The van der Waals surface area contributed by atoms with Gasteiger partial charge >= 0.3 is 12.0 Å². The van der Waals surface area contributed by atoms with E-state index in [4.69, 9.17) is 5.11 Å². The first kappa shape index (κ1) is 13.7. The molecule has 0 bridgehead atoms. The summed E-state index contributed by atoms with van der Waals surface area (Å²) in [5.74, 6) is -0.664. The van der Waals surface area contributed by atoms with Crippen molar-refractivity contribution in [2.45, 2.75) is 25.8 Å². The first-order valence-electron chi connectivity index (χ1n) is 4.88. The fourth-order valence-electron chi connectivity index (χ4n) is 0.909. The van der Waals surface area contributed by atoms with Gasteiger partial charge in [0.2, 0.25) is 0 Å². The molecule has 0 aromatic carbocycles. The molecule has 0 heterocycles. The number of urea groups is 1. The number of carbonyl (C=O) groups excluding carboxylic acids is 2. The van der Waals surface area contributed by atoms with E-state index in [1.54, 1.807) is 0 Å². The Morgan fingerprint density at radius 2 is 2.13 bits per heavy atom. The summed E-state index contributed by atoms with van der Waals surface area (Å²) >= 11 is 0. The van der Waals surface area contributed by atoms with E-state index < -0.39 is 24.6 Å². The van der Waals surface area contributed by atoms with Gasteiger partial charge in [0.15, 0.2) is 6.04 Å². The summed E-state index contributed by atoms with van der Waals surface area (Å²) < 4.78 is 4.39. The van der Waals surface area contributed by atoms with Crippen LogP contribution in [0.4, 0.5) is 4.79 Å². The second-order valence-corrected chi connectivity index (χ2v) is 3.01. The van der Waals surface area contributed by atoms with Crippen LogP contribution in [-0.4, -0.2) is 43.4 Å². The van der Waals surface area contributed by atoms with Crippen molar-refractivity contribution in [3.8, 4) is 0 Å². The number of carbonyl (C=O) groups is 2. The van der Waals surface area contributed by atoms with E-state index in [2.05, 4.69) is 15.4 Å². The van der Waals surface area contributed by atoms with E-state index in [0.717, 1.165) is 12.8 Å². The van der Waals surface area contributed by atoms with Crippen molar-refractivity contribution < 1.29 is 19.4 Å². The van der Waals surface area contributed by atoms with Crippen LogP contribution in [0.25, 0.3) is 0 Å². The molecule has 0 fully saturated rings. The lowest BCUT2D eigenvalue weighted by Gasteiger charge is -2.14. The molecule has 15 heavy (non-hydrogen) atoms. The topological polar surface area (TPSA) is 87.7 Å².